The number of carbonyl (C=O) groups excluding carboxylic acids is 2. The SMILES string of the molecule is Cn1nc(COCC(F)(F)F)cc1C(=O)Nc1cc([C@H]2C[C@@H](F)[C@@H](OC(=O)NC3(C)CC3)C2)[nH]n1. The number of nitrogens with one attached hydrogen (secondary N) is 3. The van der Waals surface area contributed by atoms with E-state index in [0.29, 0.717) is 5.69 Å². The van der Waals surface area contributed by atoms with Gasteiger partial charge in [-0.3, -0.25) is 14.6 Å². The molecule has 3 N–H and O–H groups in total. The Hall–Kier alpha value is -3.16. The summed E-state index contributed by atoms with van der Waals surface area (Å²) in [4.78, 5) is 24.6. The number of alkyl halides is 4. The minimum absolute atomic E-state index is 0.0914. The Bertz CT molecular complexity index is 1080. The van der Waals surface area contributed by atoms with Crippen LogP contribution in [0.15, 0.2) is 12.1 Å². The Morgan fingerprint density at radius 3 is 2.71 bits per heavy atom. The van der Waals surface area contributed by atoms with Crippen molar-refractivity contribution in [3.8, 4) is 0 Å². The number of carbonyl (C=O) groups is 2. The Kier molecular flexibility index (Phi) is 6.75. The molecule has 2 aliphatic carbocycles. The molecule has 0 radical (unpaired) electrons. The van der Waals surface area contributed by atoms with Crippen LogP contribution in [0.2, 0.25) is 0 Å². The molecule has 0 aromatic carbocycles. The third kappa shape index (κ3) is 6.50. The van der Waals surface area contributed by atoms with Crippen molar-refractivity contribution in [3.05, 3.63) is 29.2 Å². The molecule has 10 nitrogen and oxygen atoms in total. The monoisotopic (exact) mass is 502 g/mol. The maximum absolute atomic E-state index is 14.5. The fourth-order valence-corrected chi connectivity index (χ4v) is 3.92. The molecule has 192 valence electrons. The Balaban J connectivity index is 1.30. The number of aromatic amines is 1. The molecule has 0 bridgehead atoms. The molecule has 0 aliphatic heterocycles. The predicted octanol–water partition coefficient (Wildman–Crippen LogP) is 3.34. The van der Waals surface area contributed by atoms with Crippen LogP contribution in [0.1, 0.15) is 60.4 Å². The lowest BCUT2D eigenvalue weighted by atomic mass is 10.0. The van der Waals surface area contributed by atoms with E-state index in [9.17, 15) is 27.2 Å². The van der Waals surface area contributed by atoms with E-state index in [2.05, 4.69) is 30.7 Å². The molecule has 2 aromatic heterocycles. The summed E-state index contributed by atoms with van der Waals surface area (Å²) in [6.07, 6.45) is -5.16. The average molecular weight is 502 g/mol. The van der Waals surface area contributed by atoms with Crippen LogP contribution in [0.5, 0.6) is 0 Å². The van der Waals surface area contributed by atoms with Gasteiger partial charge in [0.15, 0.2) is 5.82 Å². The number of aryl methyl sites for hydroxylation is 1. The van der Waals surface area contributed by atoms with Crippen molar-refractivity contribution in [1.29, 1.82) is 0 Å². The Labute approximate surface area is 197 Å². The zero-order valence-electron chi connectivity index (χ0n) is 19.1. The van der Waals surface area contributed by atoms with Gasteiger partial charge in [0.1, 0.15) is 24.6 Å². The molecule has 2 aliphatic rings. The van der Waals surface area contributed by atoms with Gasteiger partial charge in [-0.15, -0.1) is 0 Å². The third-order valence-electron chi connectivity index (χ3n) is 6.05. The van der Waals surface area contributed by atoms with Crippen molar-refractivity contribution in [3.63, 3.8) is 0 Å². The minimum atomic E-state index is -4.46. The zero-order chi connectivity index (χ0) is 25.4. The normalized spacial score (nSPS) is 23.2. The van der Waals surface area contributed by atoms with Gasteiger partial charge in [-0.2, -0.15) is 23.4 Å². The maximum atomic E-state index is 14.5. The van der Waals surface area contributed by atoms with Gasteiger partial charge in [0.25, 0.3) is 5.91 Å². The second kappa shape index (κ2) is 9.47. The number of nitrogens with zero attached hydrogens (tertiary/aromatic N) is 3. The van der Waals surface area contributed by atoms with E-state index in [4.69, 9.17) is 4.74 Å². The van der Waals surface area contributed by atoms with E-state index in [-0.39, 0.29) is 41.5 Å². The van der Waals surface area contributed by atoms with E-state index in [1.807, 2.05) is 6.92 Å². The van der Waals surface area contributed by atoms with Crippen LogP contribution in [-0.2, 0) is 23.1 Å². The zero-order valence-corrected chi connectivity index (χ0v) is 19.1. The maximum Gasteiger partial charge on any atom is 0.411 e. The van der Waals surface area contributed by atoms with Gasteiger partial charge in [-0.05, 0) is 38.7 Å². The van der Waals surface area contributed by atoms with Crippen molar-refractivity contribution >= 4 is 17.8 Å². The van der Waals surface area contributed by atoms with Crippen LogP contribution < -0.4 is 10.6 Å². The first-order chi connectivity index (χ1) is 16.4. The van der Waals surface area contributed by atoms with Gasteiger partial charge in [0.05, 0.1) is 12.3 Å². The number of ether oxygens (including phenoxy) is 2. The van der Waals surface area contributed by atoms with E-state index >= 15 is 0 Å². The van der Waals surface area contributed by atoms with E-state index in [1.165, 1.54) is 17.8 Å². The highest BCUT2D eigenvalue weighted by Crippen LogP contribution is 2.39. The van der Waals surface area contributed by atoms with E-state index in [0.717, 1.165) is 12.8 Å². The van der Waals surface area contributed by atoms with Gasteiger partial charge in [-0.25, -0.2) is 9.18 Å². The molecule has 2 aromatic rings. The molecule has 2 amide bonds. The highest BCUT2D eigenvalue weighted by molar-refractivity contribution is 6.02. The number of alkyl carbamates (subject to hydrolysis) is 1. The summed E-state index contributed by atoms with van der Waals surface area (Å²) in [7, 11) is 1.47. The largest absolute Gasteiger partial charge is 0.443 e. The van der Waals surface area contributed by atoms with Gasteiger partial charge < -0.3 is 20.1 Å². The number of anilines is 1. The number of hydrogen-bond donors (Lipinski definition) is 3. The van der Waals surface area contributed by atoms with Gasteiger partial charge >= 0.3 is 12.3 Å². The quantitative estimate of drug-likeness (QED) is 0.476. The fourth-order valence-electron chi connectivity index (χ4n) is 3.92. The molecule has 0 saturated heterocycles. The molecule has 35 heavy (non-hydrogen) atoms. The second-order valence-electron chi connectivity index (χ2n) is 9.23. The summed E-state index contributed by atoms with van der Waals surface area (Å²) in [5.74, 6) is -0.687. The molecule has 0 spiro atoms. The first-order valence-electron chi connectivity index (χ1n) is 11.1. The lowest BCUT2D eigenvalue weighted by molar-refractivity contribution is -0.176. The molecule has 2 fully saturated rings. The van der Waals surface area contributed by atoms with Crippen LogP contribution in [-0.4, -0.2) is 62.6 Å². The topological polar surface area (TPSA) is 123 Å². The molecule has 14 heteroatoms. The molecule has 2 saturated carbocycles. The number of aromatic nitrogens is 4. The Morgan fingerprint density at radius 2 is 2.03 bits per heavy atom. The lowest BCUT2D eigenvalue weighted by Crippen LogP contribution is -2.38. The van der Waals surface area contributed by atoms with E-state index < -0.39 is 43.7 Å². The van der Waals surface area contributed by atoms with Crippen molar-refractivity contribution in [2.45, 2.75) is 69.1 Å². The van der Waals surface area contributed by atoms with Crippen LogP contribution in [0.4, 0.5) is 28.2 Å². The number of H-pyrrole nitrogens is 1. The molecule has 2 heterocycles. The average Bonchev–Trinajstić information content (AvgIpc) is 3.09. The van der Waals surface area contributed by atoms with Crippen LogP contribution in [0, 0.1) is 0 Å². The summed E-state index contributed by atoms with van der Waals surface area (Å²) in [5, 5.41) is 16.1. The fraction of sp³-hybridized carbons (Fsp3) is 0.619. The minimum Gasteiger partial charge on any atom is -0.443 e. The predicted molar refractivity (Wildman–Crippen MR) is 113 cm³/mol. The van der Waals surface area contributed by atoms with Crippen LogP contribution >= 0.6 is 0 Å². The summed E-state index contributed by atoms with van der Waals surface area (Å²) in [6, 6.07) is 2.88. The summed E-state index contributed by atoms with van der Waals surface area (Å²) < 4.78 is 62.2. The number of halogens is 4. The molecular weight excluding hydrogens is 476 g/mol. The summed E-state index contributed by atoms with van der Waals surface area (Å²) in [5.41, 5.74) is 0.570. The lowest BCUT2D eigenvalue weighted by Gasteiger charge is -2.17. The Morgan fingerprint density at radius 1 is 1.29 bits per heavy atom. The first kappa shape index (κ1) is 24.9. The molecule has 3 atom stereocenters. The highest BCUT2D eigenvalue weighted by atomic mass is 19.4. The smallest absolute Gasteiger partial charge is 0.411 e. The van der Waals surface area contributed by atoms with Crippen molar-refractivity contribution in [2.24, 2.45) is 7.05 Å². The molecule has 4 rings (SSSR count). The standard InChI is InChI=1S/C21H26F4N6O4/c1-20(3-4-20)27-19(33)35-16-6-11(5-13(16)22)14-8-17(29-28-14)26-18(32)15-7-12(30-31(15)2)9-34-10-21(23,24)25/h7-8,11,13,16H,3-6,9-10H2,1-2H3,(H,27,33)(H2,26,28,29,32)/t11-,13+,16-/m0/s1. The number of hydrogen-bond acceptors (Lipinski definition) is 6. The second-order valence-corrected chi connectivity index (χ2v) is 9.23. The van der Waals surface area contributed by atoms with Crippen molar-refractivity contribution in [1.82, 2.24) is 25.3 Å². The van der Waals surface area contributed by atoms with Crippen molar-refractivity contribution in [2.75, 3.05) is 11.9 Å². The van der Waals surface area contributed by atoms with Crippen LogP contribution in [0.25, 0.3) is 0 Å². The first-order valence-corrected chi connectivity index (χ1v) is 11.1. The molecular formula is C21H26F4N6O4. The van der Waals surface area contributed by atoms with Gasteiger partial charge in [-0.1, -0.05) is 0 Å². The summed E-state index contributed by atoms with van der Waals surface area (Å²) >= 11 is 0. The molecule has 0 unspecified atom stereocenters. The third-order valence-corrected chi connectivity index (χ3v) is 6.05. The number of amides is 2. The van der Waals surface area contributed by atoms with Crippen molar-refractivity contribution < 1.29 is 36.6 Å². The van der Waals surface area contributed by atoms with E-state index in [1.54, 1.807) is 6.07 Å². The highest BCUT2D eigenvalue weighted by Gasteiger charge is 2.42. The van der Waals surface area contributed by atoms with Crippen LogP contribution in [0.3, 0.4) is 0 Å². The van der Waals surface area contributed by atoms with Gasteiger partial charge in [0.2, 0.25) is 0 Å². The summed E-state index contributed by atoms with van der Waals surface area (Å²) in [6.45, 7) is 0.0743. The van der Waals surface area contributed by atoms with Gasteiger partial charge in [0, 0.05) is 30.3 Å². The number of rotatable bonds is 8.